The number of hydrogen-bond acceptors (Lipinski definition) is 3. The van der Waals surface area contributed by atoms with E-state index in [1.807, 2.05) is 30.3 Å². The number of rotatable bonds is 7. The third-order valence-electron chi connectivity index (χ3n) is 6.47. The molecule has 4 rings (SSSR count). The van der Waals surface area contributed by atoms with Gasteiger partial charge in [0.1, 0.15) is 5.82 Å². The van der Waals surface area contributed by atoms with Crippen molar-refractivity contribution in [2.45, 2.75) is 35.8 Å². The highest BCUT2D eigenvalue weighted by molar-refractivity contribution is 14.1. The number of likely N-dealkylation sites (tertiary alicyclic amines) is 1. The van der Waals surface area contributed by atoms with Crippen LogP contribution >= 0.6 is 22.6 Å². The Morgan fingerprint density at radius 2 is 1.88 bits per heavy atom. The Bertz CT molecular complexity index is 960. The predicted octanol–water partition coefficient (Wildman–Crippen LogP) is 5.85. The molecule has 2 aliphatic rings. The molecule has 1 unspecified atom stereocenters. The summed E-state index contributed by atoms with van der Waals surface area (Å²) in [6.45, 7) is 4.80. The van der Waals surface area contributed by atoms with Gasteiger partial charge in [-0.1, -0.05) is 30.3 Å². The number of halogens is 4. The molecule has 0 radical (unpaired) electrons. The highest BCUT2D eigenvalue weighted by Crippen LogP contribution is 2.37. The maximum Gasteiger partial charge on any atom is 0.322 e. The number of alkyl halides is 3. The summed E-state index contributed by atoms with van der Waals surface area (Å²) in [5, 5.41) is 2.66. The van der Waals surface area contributed by atoms with Crippen LogP contribution in [0.15, 0.2) is 48.5 Å². The fourth-order valence-electron chi connectivity index (χ4n) is 4.67. The van der Waals surface area contributed by atoms with Gasteiger partial charge in [-0.25, -0.2) is 9.18 Å². The van der Waals surface area contributed by atoms with Gasteiger partial charge in [-0.05, 0) is 48.9 Å². The molecule has 0 saturated carbocycles. The Kier molecular flexibility index (Phi) is 8.36. The first-order valence-corrected chi connectivity index (χ1v) is 12.7. The monoisotopic (exact) mass is 587 g/mol. The molecule has 2 fully saturated rings. The van der Waals surface area contributed by atoms with E-state index >= 15 is 0 Å². The van der Waals surface area contributed by atoms with E-state index in [0.29, 0.717) is 12.5 Å². The number of carbonyl (C=O) groups is 1. The van der Waals surface area contributed by atoms with E-state index < -0.39 is 21.3 Å². The maximum absolute atomic E-state index is 14.0. The summed E-state index contributed by atoms with van der Waals surface area (Å²) in [5.41, 5.74) is 0.511. The van der Waals surface area contributed by atoms with E-state index in [1.165, 1.54) is 0 Å². The van der Waals surface area contributed by atoms with Gasteiger partial charge in [0.15, 0.2) is 0 Å². The molecule has 2 saturated heterocycles. The molecule has 34 heavy (non-hydrogen) atoms. The van der Waals surface area contributed by atoms with Crippen LogP contribution in [0, 0.1) is 11.7 Å². The van der Waals surface area contributed by atoms with Crippen molar-refractivity contribution in [1.82, 2.24) is 9.80 Å². The number of anilines is 1. The Hall–Kier alpha value is -1.85. The molecule has 0 spiro atoms. The van der Waals surface area contributed by atoms with Crippen molar-refractivity contribution < 1.29 is 22.7 Å². The van der Waals surface area contributed by atoms with Crippen LogP contribution in [0.2, 0.25) is 0 Å². The zero-order chi connectivity index (χ0) is 24.1. The van der Waals surface area contributed by atoms with Gasteiger partial charge in [-0.2, -0.15) is 8.78 Å². The van der Waals surface area contributed by atoms with Crippen LogP contribution in [0.4, 0.5) is 23.7 Å². The van der Waals surface area contributed by atoms with Crippen LogP contribution in [-0.4, -0.2) is 54.7 Å². The van der Waals surface area contributed by atoms with Gasteiger partial charge in [-0.3, -0.25) is 0 Å². The van der Waals surface area contributed by atoms with E-state index in [2.05, 4.69) is 10.2 Å². The minimum Gasteiger partial charge on any atom is -0.381 e. The van der Waals surface area contributed by atoms with Crippen LogP contribution in [-0.2, 0) is 15.2 Å². The third kappa shape index (κ3) is 6.85. The summed E-state index contributed by atoms with van der Waals surface area (Å²) < 4.78 is 43.8. The molecule has 9 heteroatoms. The predicted molar refractivity (Wildman–Crippen MR) is 134 cm³/mol. The lowest BCUT2D eigenvalue weighted by Gasteiger charge is -2.39. The molecular weight excluding hydrogens is 558 g/mol. The second kappa shape index (κ2) is 11.3. The summed E-state index contributed by atoms with van der Waals surface area (Å²) in [5.74, 6) is -0.249. The third-order valence-corrected chi connectivity index (χ3v) is 7.09. The normalized spacial score (nSPS) is 19.8. The number of amides is 2. The van der Waals surface area contributed by atoms with Crippen molar-refractivity contribution in [2.75, 3.05) is 38.2 Å². The zero-order valence-electron chi connectivity index (χ0n) is 18.9. The molecule has 1 atom stereocenters. The lowest BCUT2D eigenvalue weighted by Crippen LogP contribution is -2.49. The van der Waals surface area contributed by atoms with Crippen molar-refractivity contribution in [3.8, 4) is 0 Å². The summed E-state index contributed by atoms with van der Waals surface area (Å²) in [7, 11) is 0. The molecule has 0 aliphatic carbocycles. The fraction of sp³-hybridized carbons (Fsp3) is 0.480. The molecule has 2 aromatic rings. The zero-order valence-corrected chi connectivity index (χ0v) is 21.0. The first-order valence-electron chi connectivity index (χ1n) is 11.6. The minimum absolute atomic E-state index is 0.00432. The Morgan fingerprint density at radius 3 is 2.53 bits per heavy atom. The number of ether oxygens (including phenoxy) is 1. The standard InChI is InChI=1S/C25H29F3IN3O2/c26-21-12-20(25(27,28)29)13-22(14-21)30-24(33)32(16-18-4-2-1-3-5-18)23-6-9-31(10-7-23)15-19-8-11-34-17-19/h1-5,12-14,19,23H,6-11,15-17H2,(H,30,33). The topological polar surface area (TPSA) is 44.8 Å². The van der Waals surface area contributed by atoms with E-state index in [9.17, 15) is 18.0 Å². The van der Waals surface area contributed by atoms with Gasteiger partial charge in [-0.15, -0.1) is 0 Å². The van der Waals surface area contributed by atoms with Crippen molar-refractivity contribution in [1.29, 1.82) is 0 Å². The molecule has 2 aromatic carbocycles. The molecule has 2 heterocycles. The molecular formula is C25H29F3IN3O2. The van der Waals surface area contributed by atoms with Crippen LogP contribution in [0.1, 0.15) is 30.4 Å². The molecule has 2 aliphatic heterocycles. The van der Waals surface area contributed by atoms with Crippen LogP contribution in [0.25, 0.3) is 0 Å². The minimum atomic E-state index is -3.24. The second-order valence-corrected chi connectivity index (χ2v) is 10.4. The molecule has 0 aromatic heterocycles. The van der Waals surface area contributed by atoms with Gasteiger partial charge in [0.05, 0.1) is 6.61 Å². The Morgan fingerprint density at radius 1 is 1.15 bits per heavy atom. The summed E-state index contributed by atoms with van der Waals surface area (Å²) in [6, 6.07) is 12.2. The average molecular weight is 587 g/mol. The smallest absolute Gasteiger partial charge is 0.322 e. The van der Waals surface area contributed by atoms with Crippen molar-refractivity contribution >= 4 is 34.3 Å². The van der Waals surface area contributed by atoms with Gasteiger partial charge in [0.25, 0.3) is 0 Å². The van der Waals surface area contributed by atoms with Crippen LogP contribution in [0.5, 0.6) is 0 Å². The number of benzene rings is 2. The van der Waals surface area contributed by atoms with Gasteiger partial charge in [0.2, 0.25) is 0 Å². The molecule has 0 bridgehead atoms. The second-order valence-electron chi connectivity index (χ2n) is 9.03. The summed E-state index contributed by atoms with van der Waals surface area (Å²) >= 11 is 0.957. The number of nitrogens with one attached hydrogen (secondary N) is 1. The quantitative estimate of drug-likeness (QED) is 0.327. The highest BCUT2D eigenvalue weighted by Gasteiger charge is 2.31. The van der Waals surface area contributed by atoms with Crippen molar-refractivity contribution in [3.05, 3.63) is 65.5 Å². The van der Waals surface area contributed by atoms with Crippen LogP contribution < -0.4 is 5.32 Å². The van der Waals surface area contributed by atoms with Gasteiger partial charge < -0.3 is 19.9 Å². The van der Waals surface area contributed by atoms with Gasteiger partial charge in [0, 0.05) is 72.7 Å². The lowest BCUT2D eigenvalue weighted by molar-refractivity contribution is 0.108. The first-order chi connectivity index (χ1) is 16.3. The van der Waals surface area contributed by atoms with E-state index in [0.717, 1.165) is 98.5 Å². The fourth-order valence-corrected chi connectivity index (χ4v) is 4.99. The van der Waals surface area contributed by atoms with Crippen molar-refractivity contribution in [2.24, 2.45) is 5.92 Å². The Balaban J connectivity index is 1.46. The van der Waals surface area contributed by atoms with E-state index in [4.69, 9.17) is 4.74 Å². The average Bonchev–Trinajstić information content (AvgIpc) is 3.31. The molecule has 2 amide bonds. The number of hydrogen-bond donors (Lipinski definition) is 1. The summed E-state index contributed by atoms with van der Waals surface area (Å²) in [4.78, 5) is 17.5. The highest BCUT2D eigenvalue weighted by atomic mass is 127. The van der Waals surface area contributed by atoms with E-state index in [-0.39, 0.29) is 11.7 Å². The first kappa shape index (κ1) is 25.2. The molecule has 184 valence electrons. The largest absolute Gasteiger partial charge is 0.381 e. The number of piperidine rings is 1. The summed E-state index contributed by atoms with van der Waals surface area (Å²) in [6.07, 6.45) is 2.72. The van der Waals surface area contributed by atoms with Crippen LogP contribution in [0.3, 0.4) is 0 Å². The number of carbonyl (C=O) groups excluding carboxylic acids is 1. The lowest BCUT2D eigenvalue weighted by atomic mass is 10.0. The van der Waals surface area contributed by atoms with E-state index in [1.54, 1.807) is 4.90 Å². The Labute approximate surface area is 211 Å². The SMILES string of the molecule is O=C(Nc1cc(F)cc(C(F)(F)I)c1)N(Cc1ccccc1)C1CCN(CC2CCOC2)CC1. The van der Waals surface area contributed by atoms with Crippen molar-refractivity contribution in [3.63, 3.8) is 0 Å². The number of urea groups is 1. The number of nitrogens with zero attached hydrogens (tertiary/aromatic N) is 2. The molecule has 5 nitrogen and oxygen atoms in total. The maximum atomic E-state index is 14.0. The van der Waals surface area contributed by atoms with Gasteiger partial charge >= 0.3 is 9.96 Å². The molecule has 1 N–H and O–H groups in total.